The van der Waals surface area contributed by atoms with Crippen LogP contribution in [-0.2, 0) is 4.79 Å². The predicted octanol–water partition coefficient (Wildman–Crippen LogP) is 4.44. The SMILES string of the molecule is Cc1cc(C)c(NC(=O)COc2ccc(C=O)cc2Cl)c(Cl)c1. The number of carbonyl (C=O) groups is 2. The number of amides is 1. The molecule has 0 radical (unpaired) electrons. The van der Waals surface area contributed by atoms with Crippen LogP contribution >= 0.6 is 23.2 Å². The second-order valence-electron chi connectivity index (χ2n) is 5.08. The van der Waals surface area contributed by atoms with Crippen LogP contribution in [0.25, 0.3) is 0 Å². The number of nitrogens with one attached hydrogen (secondary N) is 1. The van der Waals surface area contributed by atoms with E-state index in [1.165, 1.54) is 6.07 Å². The van der Waals surface area contributed by atoms with Gasteiger partial charge in [-0.1, -0.05) is 29.3 Å². The maximum absolute atomic E-state index is 12.0. The maximum Gasteiger partial charge on any atom is 0.262 e. The molecular formula is C17H15Cl2NO3. The molecular weight excluding hydrogens is 337 g/mol. The number of anilines is 1. The molecule has 0 bridgehead atoms. The van der Waals surface area contributed by atoms with Crippen molar-refractivity contribution in [3.8, 4) is 5.75 Å². The minimum absolute atomic E-state index is 0.218. The summed E-state index contributed by atoms with van der Waals surface area (Å²) in [5.41, 5.74) is 2.89. The van der Waals surface area contributed by atoms with Gasteiger partial charge in [-0.05, 0) is 49.2 Å². The Morgan fingerprint density at radius 2 is 1.91 bits per heavy atom. The van der Waals surface area contributed by atoms with E-state index in [1.54, 1.807) is 18.2 Å². The summed E-state index contributed by atoms with van der Waals surface area (Å²) in [6, 6.07) is 8.29. The van der Waals surface area contributed by atoms with E-state index in [-0.39, 0.29) is 17.5 Å². The van der Waals surface area contributed by atoms with Gasteiger partial charge in [-0.2, -0.15) is 0 Å². The molecule has 0 saturated heterocycles. The van der Waals surface area contributed by atoms with Crippen LogP contribution in [0.15, 0.2) is 30.3 Å². The van der Waals surface area contributed by atoms with Gasteiger partial charge in [0.15, 0.2) is 6.61 Å². The number of halogens is 2. The van der Waals surface area contributed by atoms with Gasteiger partial charge in [-0.25, -0.2) is 0 Å². The molecule has 0 aromatic heterocycles. The normalized spacial score (nSPS) is 10.3. The number of ether oxygens (including phenoxy) is 1. The van der Waals surface area contributed by atoms with Crippen molar-refractivity contribution in [3.63, 3.8) is 0 Å². The lowest BCUT2D eigenvalue weighted by Crippen LogP contribution is -2.21. The van der Waals surface area contributed by atoms with Crippen LogP contribution in [0.3, 0.4) is 0 Å². The van der Waals surface area contributed by atoms with Crippen LogP contribution in [0.4, 0.5) is 5.69 Å². The number of hydrogen-bond donors (Lipinski definition) is 1. The quantitative estimate of drug-likeness (QED) is 0.810. The van der Waals surface area contributed by atoms with Crippen molar-refractivity contribution < 1.29 is 14.3 Å². The summed E-state index contributed by atoms with van der Waals surface area (Å²) in [5.74, 6) is -0.0199. The molecule has 120 valence electrons. The predicted molar refractivity (Wildman–Crippen MR) is 91.9 cm³/mol. The fourth-order valence-corrected chi connectivity index (χ4v) is 2.71. The topological polar surface area (TPSA) is 55.4 Å². The summed E-state index contributed by atoms with van der Waals surface area (Å²) >= 11 is 12.1. The number of aryl methyl sites for hydroxylation is 2. The molecule has 6 heteroatoms. The van der Waals surface area contributed by atoms with E-state index in [0.29, 0.717) is 28.3 Å². The van der Waals surface area contributed by atoms with Crippen molar-refractivity contribution in [2.45, 2.75) is 13.8 Å². The highest BCUT2D eigenvalue weighted by molar-refractivity contribution is 6.34. The second-order valence-corrected chi connectivity index (χ2v) is 5.90. The van der Waals surface area contributed by atoms with Gasteiger partial charge in [0.05, 0.1) is 15.7 Å². The molecule has 0 aliphatic heterocycles. The molecule has 1 amide bonds. The standard InChI is InChI=1S/C17H15Cl2NO3/c1-10-5-11(2)17(14(19)6-10)20-16(22)9-23-15-4-3-12(8-21)7-13(15)18/h3-8H,9H2,1-2H3,(H,20,22). The molecule has 0 saturated carbocycles. The fraction of sp³-hybridized carbons (Fsp3) is 0.176. The summed E-state index contributed by atoms with van der Waals surface area (Å²) < 4.78 is 5.37. The van der Waals surface area contributed by atoms with Crippen LogP contribution in [0.5, 0.6) is 5.75 Å². The van der Waals surface area contributed by atoms with Gasteiger partial charge in [-0.15, -0.1) is 0 Å². The van der Waals surface area contributed by atoms with E-state index in [0.717, 1.165) is 11.1 Å². The Kier molecular flexibility index (Phi) is 5.64. The smallest absolute Gasteiger partial charge is 0.262 e. The van der Waals surface area contributed by atoms with Gasteiger partial charge in [-0.3, -0.25) is 9.59 Å². The number of aldehydes is 1. The second kappa shape index (κ2) is 7.49. The van der Waals surface area contributed by atoms with Crippen molar-refractivity contribution in [1.29, 1.82) is 0 Å². The molecule has 0 fully saturated rings. The molecule has 0 atom stereocenters. The molecule has 0 aliphatic carbocycles. The molecule has 2 rings (SSSR count). The number of benzene rings is 2. The van der Waals surface area contributed by atoms with E-state index >= 15 is 0 Å². The van der Waals surface area contributed by atoms with E-state index in [2.05, 4.69) is 5.32 Å². The largest absolute Gasteiger partial charge is 0.482 e. The Bertz CT molecular complexity index is 736. The van der Waals surface area contributed by atoms with Crippen molar-refractivity contribution in [2.24, 2.45) is 0 Å². The van der Waals surface area contributed by atoms with Crippen LogP contribution in [0.2, 0.25) is 10.0 Å². The summed E-state index contributed by atoms with van der Waals surface area (Å²) in [4.78, 5) is 22.7. The summed E-state index contributed by atoms with van der Waals surface area (Å²) in [6.45, 7) is 3.58. The van der Waals surface area contributed by atoms with Gasteiger partial charge in [0, 0.05) is 5.56 Å². The zero-order chi connectivity index (χ0) is 17.0. The number of carbonyl (C=O) groups excluding carboxylic acids is 2. The average Bonchev–Trinajstić information content (AvgIpc) is 2.49. The lowest BCUT2D eigenvalue weighted by molar-refractivity contribution is -0.118. The fourth-order valence-electron chi connectivity index (χ4n) is 2.10. The van der Waals surface area contributed by atoms with Crippen LogP contribution < -0.4 is 10.1 Å². The molecule has 2 aromatic carbocycles. The third-order valence-corrected chi connectivity index (χ3v) is 3.74. The van der Waals surface area contributed by atoms with Crippen molar-refractivity contribution in [2.75, 3.05) is 11.9 Å². The van der Waals surface area contributed by atoms with Crippen molar-refractivity contribution in [3.05, 3.63) is 57.1 Å². The summed E-state index contributed by atoms with van der Waals surface area (Å²) in [7, 11) is 0. The molecule has 1 N–H and O–H groups in total. The highest BCUT2D eigenvalue weighted by Gasteiger charge is 2.11. The third kappa shape index (κ3) is 4.47. The van der Waals surface area contributed by atoms with Crippen LogP contribution in [0.1, 0.15) is 21.5 Å². The minimum Gasteiger partial charge on any atom is -0.482 e. The first-order valence-corrected chi connectivity index (χ1v) is 7.60. The van der Waals surface area contributed by atoms with Crippen LogP contribution in [-0.4, -0.2) is 18.8 Å². The molecule has 23 heavy (non-hydrogen) atoms. The Hall–Kier alpha value is -2.04. The van der Waals surface area contributed by atoms with Crippen LogP contribution in [0, 0.1) is 13.8 Å². The molecule has 0 spiro atoms. The minimum atomic E-state index is -0.352. The van der Waals surface area contributed by atoms with E-state index in [4.69, 9.17) is 27.9 Å². The molecule has 4 nitrogen and oxygen atoms in total. The van der Waals surface area contributed by atoms with Gasteiger partial charge in [0.1, 0.15) is 12.0 Å². The van der Waals surface area contributed by atoms with Gasteiger partial charge >= 0.3 is 0 Å². The molecule has 0 heterocycles. The Labute approximate surface area is 144 Å². The lowest BCUT2D eigenvalue weighted by Gasteiger charge is -2.12. The van der Waals surface area contributed by atoms with Gasteiger partial charge in [0.25, 0.3) is 5.91 Å². The first-order chi connectivity index (χ1) is 10.9. The number of rotatable bonds is 5. The van der Waals surface area contributed by atoms with Crippen molar-refractivity contribution >= 4 is 41.1 Å². The molecule has 0 aliphatic rings. The first kappa shape index (κ1) is 17.3. The third-order valence-electron chi connectivity index (χ3n) is 3.15. The zero-order valence-electron chi connectivity index (χ0n) is 12.7. The van der Waals surface area contributed by atoms with E-state index < -0.39 is 0 Å². The Morgan fingerprint density at radius 3 is 2.52 bits per heavy atom. The van der Waals surface area contributed by atoms with E-state index in [1.807, 2.05) is 19.9 Å². The number of hydrogen-bond acceptors (Lipinski definition) is 3. The summed E-state index contributed by atoms with van der Waals surface area (Å²) in [6.07, 6.45) is 0.685. The lowest BCUT2D eigenvalue weighted by atomic mass is 10.1. The van der Waals surface area contributed by atoms with Gasteiger partial charge < -0.3 is 10.1 Å². The first-order valence-electron chi connectivity index (χ1n) is 6.85. The monoisotopic (exact) mass is 351 g/mol. The average molecular weight is 352 g/mol. The highest BCUT2D eigenvalue weighted by Crippen LogP contribution is 2.28. The van der Waals surface area contributed by atoms with Crippen molar-refractivity contribution in [1.82, 2.24) is 0 Å². The molecule has 2 aromatic rings. The van der Waals surface area contributed by atoms with Gasteiger partial charge in [0.2, 0.25) is 0 Å². The van der Waals surface area contributed by atoms with E-state index in [9.17, 15) is 9.59 Å². The Morgan fingerprint density at radius 1 is 1.17 bits per heavy atom. The molecule has 0 unspecified atom stereocenters. The maximum atomic E-state index is 12.0. The summed E-state index contributed by atoms with van der Waals surface area (Å²) in [5, 5.41) is 3.47. The Balaban J connectivity index is 2.02. The highest BCUT2D eigenvalue weighted by atomic mass is 35.5. The zero-order valence-corrected chi connectivity index (χ0v) is 14.2.